The maximum absolute atomic E-state index is 12.7. The van der Waals surface area contributed by atoms with Gasteiger partial charge < -0.3 is 10.1 Å². The molecule has 1 amide bonds. The van der Waals surface area contributed by atoms with Gasteiger partial charge in [0.05, 0.1) is 16.7 Å². The Labute approximate surface area is 166 Å². The van der Waals surface area contributed by atoms with Crippen molar-refractivity contribution in [2.45, 2.75) is 44.0 Å². The molecule has 2 heterocycles. The fraction of sp³-hybridized carbons (Fsp3) is 0.429. The standard InChI is InChI=1S/C21H26N2O4S/c1-15-7-5-6-10-28(25,26)18-11-17(12-22-13-18)19-8-3-4-9-20(19)27-14-16(2)23-21(15)24/h3-4,8-9,11-13,15-16H,5-7,10,14H2,1-2H3,(H,23,24)/t15-,16+/m0/s1. The van der Waals surface area contributed by atoms with Gasteiger partial charge in [-0.2, -0.15) is 0 Å². The van der Waals surface area contributed by atoms with Crippen molar-refractivity contribution in [2.75, 3.05) is 12.4 Å². The van der Waals surface area contributed by atoms with E-state index >= 15 is 0 Å². The molecule has 28 heavy (non-hydrogen) atoms. The van der Waals surface area contributed by atoms with Crippen molar-refractivity contribution in [3.63, 3.8) is 0 Å². The van der Waals surface area contributed by atoms with E-state index in [0.717, 1.165) is 5.56 Å². The normalized spacial score (nSPS) is 23.1. The van der Waals surface area contributed by atoms with Crippen molar-refractivity contribution in [2.24, 2.45) is 5.92 Å². The number of hydrogen-bond donors (Lipinski definition) is 1. The van der Waals surface area contributed by atoms with E-state index in [2.05, 4.69) is 10.3 Å². The lowest BCUT2D eigenvalue weighted by atomic mass is 10.0. The number of aromatic nitrogens is 1. The van der Waals surface area contributed by atoms with Crippen molar-refractivity contribution in [1.82, 2.24) is 10.3 Å². The third-order valence-electron chi connectivity index (χ3n) is 4.90. The van der Waals surface area contributed by atoms with Gasteiger partial charge >= 0.3 is 0 Å². The van der Waals surface area contributed by atoms with Crippen molar-refractivity contribution in [3.05, 3.63) is 42.7 Å². The number of pyridine rings is 1. The van der Waals surface area contributed by atoms with Gasteiger partial charge in [-0.05, 0) is 31.9 Å². The van der Waals surface area contributed by atoms with Gasteiger partial charge in [-0.15, -0.1) is 0 Å². The predicted molar refractivity (Wildman–Crippen MR) is 108 cm³/mol. The first-order chi connectivity index (χ1) is 13.4. The topological polar surface area (TPSA) is 85.4 Å². The van der Waals surface area contributed by atoms with Crippen LogP contribution in [0.15, 0.2) is 47.6 Å². The first kappa shape index (κ1) is 20.3. The number of rotatable bonds is 0. The van der Waals surface area contributed by atoms with E-state index in [-0.39, 0.29) is 28.5 Å². The molecule has 1 aliphatic heterocycles. The zero-order chi connectivity index (χ0) is 20.1. The van der Waals surface area contributed by atoms with E-state index in [9.17, 15) is 13.2 Å². The summed E-state index contributed by atoms with van der Waals surface area (Å²) in [7, 11) is -3.43. The first-order valence-corrected chi connectivity index (χ1v) is 11.2. The molecule has 1 N–H and O–H groups in total. The summed E-state index contributed by atoms with van der Waals surface area (Å²) in [5.41, 5.74) is 1.46. The minimum atomic E-state index is -3.43. The highest BCUT2D eigenvalue weighted by Crippen LogP contribution is 2.31. The van der Waals surface area contributed by atoms with E-state index in [4.69, 9.17) is 4.74 Å². The number of sulfone groups is 1. The number of fused-ring (bicyclic) bond motifs is 4. The number of para-hydroxylation sites is 1. The van der Waals surface area contributed by atoms with E-state index in [1.54, 1.807) is 12.3 Å². The molecule has 1 aliphatic rings. The Morgan fingerprint density at radius 1 is 1.14 bits per heavy atom. The molecule has 0 saturated heterocycles. The SMILES string of the molecule is C[C@@H]1COc2ccccc2-c2cncc(c2)S(=O)(=O)CCCC[C@H](C)C(=O)N1. The van der Waals surface area contributed by atoms with Gasteiger partial charge in [-0.3, -0.25) is 9.78 Å². The Balaban J connectivity index is 1.98. The fourth-order valence-electron chi connectivity index (χ4n) is 3.20. The van der Waals surface area contributed by atoms with E-state index in [1.807, 2.05) is 38.1 Å². The average Bonchev–Trinajstić information content (AvgIpc) is 2.69. The number of amides is 1. The minimum Gasteiger partial charge on any atom is -0.491 e. The summed E-state index contributed by atoms with van der Waals surface area (Å²) >= 11 is 0. The van der Waals surface area contributed by atoms with Crippen molar-refractivity contribution in [1.29, 1.82) is 0 Å². The van der Waals surface area contributed by atoms with Crippen LogP contribution in [0.4, 0.5) is 0 Å². The van der Waals surface area contributed by atoms with Gasteiger partial charge in [0.2, 0.25) is 5.91 Å². The Morgan fingerprint density at radius 2 is 1.93 bits per heavy atom. The van der Waals surface area contributed by atoms with Gasteiger partial charge in [0.1, 0.15) is 12.4 Å². The maximum atomic E-state index is 12.7. The summed E-state index contributed by atoms with van der Waals surface area (Å²) in [5, 5.41) is 2.97. The highest BCUT2D eigenvalue weighted by atomic mass is 32.2. The lowest BCUT2D eigenvalue weighted by Crippen LogP contribution is -2.39. The second kappa shape index (κ2) is 8.73. The predicted octanol–water partition coefficient (Wildman–Crippen LogP) is 3.23. The Hall–Kier alpha value is -2.41. The Kier molecular flexibility index (Phi) is 6.34. The van der Waals surface area contributed by atoms with Crippen LogP contribution in [0.2, 0.25) is 0 Å². The fourth-order valence-corrected chi connectivity index (χ4v) is 4.55. The molecule has 150 valence electrons. The average molecular weight is 403 g/mol. The number of nitrogens with one attached hydrogen (secondary N) is 1. The summed E-state index contributed by atoms with van der Waals surface area (Å²) in [5.74, 6) is 0.463. The van der Waals surface area contributed by atoms with E-state index in [0.29, 0.717) is 37.2 Å². The molecule has 0 fully saturated rings. The molecule has 2 bridgehead atoms. The molecule has 1 aromatic heterocycles. The molecule has 1 aromatic carbocycles. The molecule has 0 aliphatic carbocycles. The van der Waals surface area contributed by atoms with Crippen molar-refractivity contribution < 1.29 is 17.9 Å². The van der Waals surface area contributed by atoms with Crippen LogP contribution >= 0.6 is 0 Å². The van der Waals surface area contributed by atoms with Crippen LogP contribution in [0.5, 0.6) is 5.75 Å². The van der Waals surface area contributed by atoms with Gasteiger partial charge in [-0.1, -0.05) is 31.5 Å². The summed E-state index contributed by atoms with van der Waals surface area (Å²) in [6.45, 7) is 4.09. The zero-order valence-electron chi connectivity index (χ0n) is 16.2. The number of hydrogen-bond acceptors (Lipinski definition) is 5. The Bertz CT molecular complexity index is 943. The second-order valence-electron chi connectivity index (χ2n) is 7.34. The number of nitrogens with zero attached hydrogens (tertiary/aromatic N) is 1. The summed E-state index contributed by atoms with van der Waals surface area (Å²) in [6.07, 6.45) is 4.87. The van der Waals surface area contributed by atoms with Crippen LogP contribution < -0.4 is 10.1 Å². The third-order valence-corrected chi connectivity index (χ3v) is 6.66. The second-order valence-corrected chi connectivity index (χ2v) is 9.45. The van der Waals surface area contributed by atoms with Crippen LogP contribution in [0.1, 0.15) is 33.1 Å². The molecule has 7 heteroatoms. The molecule has 0 unspecified atom stereocenters. The van der Waals surface area contributed by atoms with Gasteiger partial charge in [-0.25, -0.2) is 8.42 Å². The molecular weight excluding hydrogens is 376 g/mol. The van der Waals surface area contributed by atoms with Crippen LogP contribution in [-0.4, -0.2) is 37.7 Å². The number of carbonyl (C=O) groups is 1. The molecule has 0 spiro atoms. The molecule has 0 saturated carbocycles. The van der Waals surface area contributed by atoms with Crippen molar-refractivity contribution in [3.8, 4) is 16.9 Å². The summed E-state index contributed by atoms with van der Waals surface area (Å²) in [4.78, 5) is 16.7. The minimum absolute atomic E-state index is 0.0336. The quantitative estimate of drug-likeness (QED) is 0.731. The van der Waals surface area contributed by atoms with Crippen molar-refractivity contribution >= 4 is 15.7 Å². The highest BCUT2D eigenvalue weighted by Gasteiger charge is 2.20. The largest absolute Gasteiger partial charge is 0.491 e. The number of benzene rings is 1. The third kappa shape index (κ3) is 4.90. The molecule has 6 nitrogen and oxygen atoms in total. The summed E-state index contributed by atoms with van der Waals surface area (Å²) < 4.78 is 31.4. The van der Waals surface area contributed by atoms with Crippen LogP contribution in [0, 0.1) is 5.92 Å². The van der Waals surface area contributed by atoms with Crippen LogP contribution in [-0.2, 0) is 14.6 Å². The summed E-state index contributed by atoms with van der Waals surface area (Å²) in [6, 6.07) is 8.95. The lowest BCUT2D eigenvalue weighted by Gasteiger charge is -2.20. The smallest absolute Gasteiger partial charge is 0.223 e. The highest BCUT2D eigenvalue weighted by molar-refractivity contribution is 7.91. The monoisotopic (exact) mass is 402 g/mol. The number of ether oxygens (including phenoxy) is 1. The van der Waals surface area contributed by atoms with Gasteiger partial charge in [0.25, 0.3) is 0 Å². The first-order valence-electron chi connectivity index (χ1n) is 9.57. The van der Waals surface area contributed by atoms with E-state index < -0.39 is 9.84 Å². The van der Waals surface area contributed by atoms with Gasteiger partial charge in [0.15, 0.2) is 9.84 Å². The molecule has 0 radical (unpaired) electrons. The molecule has 2 aromatic rings. The Morgan fingerprint density at radius 3 is 2.75 bits per heavy atom. The lowest BCUT2D eigenvalue weighted by molar-refractivity contribution is -0.125. The molecular formula is C21H26N2O4S. The molecule has 3 rings (SSSR count). The number of carbonyl (C=O) groups excluding carboxylic acids is 1. The van der Waals surface area contributed by atoms with E-state index in [1.165, 1.54) is 6.20 Å². The zero-order valence-corrected chi connectivity index (χ0v) is 17.0. The van der Waals surface area contributed by atoms with Crippen LogP contribution in [0.25, 0.3) is 11.1 Å². The maximum Gasteiger partial charge on any atom is 0.223 e. The molecule has 2 atom stereocenters. The van der Waals surface area contributed by atoms with Crippen LogP contribution in [0.3, 0.4) is 0 Å². The van der Waals surface area contributed by atoms with Gasteiger partial charge in [0, 0.05) is 29.4 Å².